The molecule has 1 heterocycles. The summed E-state index contributed by atoms with van der Waals surface area (Å²) < 4.78 is 10.5. The van der Waals surface area contributed by atoms with Crippen LogP contribution in [0, 0.1) is 0 Å². The third-order valence-electron chi connectivity index (χ3n) is 2.22. The lowest BCUT2D eigenvalue weighted by Gasteiger charge is -2.09. The zero-order chi connectivity index (χ0) is 11.8. The molecule has 1 saturated heterocycles. The monoisotopic (exact) mass is 231 g/mol. The lowest BCUT2D eigenvalue weighted by Crippen LogP contribution is -2.30. The zero-order valence-electron chi connectivity index (χ0n) is 9.11. The topological polar surface area (TPSA) is 84.9 Å². The van der Waals surface area contributed by atoms with Crippen LogP contribution in [0.15, 0.2) is 0 Å². The molecule has 0 radical (unpaired) electrons. The van der Waals surface area contributed by atoms with Gasteiger partial charge >= 0.3 is 5.97 Å². The van der Waals surface area contributed by atoms with E-state index in [0.29, 0.717) is 6.61 Å². The Kier molecular flexibility index (Phi) is 5.81. The van der Waals surface area contributed by atoms with Crippen molar-refractivity contribution < 1.29 is 24.2 Å². The van der Waals surface area contributed by atoms with Gasteiger partial charge in [-0.3, -0.25) is 9.59 Å². The minimum atomic E-state index is -0.930. The highest BCUT2D eigenvalue weighted by molar-refractivity contribution is 5.77. The van der Waals surface area contributed by atoms with Gasteiger partial charge in [-0.25, -0.2) is 0 Å². The van der Waals surface area contributed by atoms with Crippen LogP contribution in [0.1, 0.15) is 19.3 Å². The smallest absolute Gasteiger partial charge is 0.305 e. The Morgan fingerprint density at radius 1 is 1.50 bits per heavy atom. The maximum atomic E-state index is 11.1. The molecule has 0 aliphatic carbocycles. The number of rotatable bonds is 7. The minimum Gasteiger partial charge on any atom is -0.481 e. The first kappa shape index (κ1) is 12.9. The third-order valence-corrected chi connectivity index (χ3v) is 2.22. The first-order valence-electron chi connectivity index (χ1n) is 5.36. The van der Waals surface area contributed by atoms with Crippen LogP contribution in [0.3, 0.4) is 0 Å². The summed E-state index contributed by atoms with van der Waals surface area (Å²) in [7, 11) is 0. The molecule has 1 aliphatic rings. The van der Waals surface area contributed by atoms with Gasteiger partial charge in [0.05, 0.1) is 19.1 Å². The van der Waals surface area contributed by atoms with E-state index in [0.717, 1.165) is 19.4 Å². The predicted molar refractivity (Wildman–Crippen MR) is 55.1 cm³/mol. The Morgan fingerprint density at radius 2 is 2.31 bits per heavy atom. The number of hydrogen-bond donors (Lipinski definition) is 2. The fourth-order valence-electron chi connectivity index (χ4n) is 1.42. The van der Waals surface area contributed by atoms with Gasteiger partial charge in [-0.2, -0.15) is 0 Å². The number of carbonyl (C=O) groups excluding carboxylic acids is 1. The van der Waals surface area contributed by atoms with Crippen molar-refractivity contribution in [2.75, 3.05) is 26.4 Å². The second-order valence-electron chi connectivity index (χ2n) is 3.64. The predicted octanol–water partition coefficient (Wildman–Crippen LogP) is -0.227. The molecule has 92 valence electrons. The molecular weight excluding hydrogens is 214 g/mol. The summed E-state index contributed by atoms with van der Waals surface area (Å²) in [6.45, 7) is 1.28. The van der Waals surface area contributed by atoms with Gasteiger partial charge in [-0.15, -0.1) is 0 Å². The Hall–Kier alpha value is -1.14. The van der Waals surface area contributed by atoms with Crippen LogP contribution in [-0.2, 0) is 19.1 Å². The van der Waals surface area contributed by atoms with Crippen molar-refractivity contribution in [3.05, 3.63) is 0 Å². The van der Waals surface area contributed by atoms with Gasteiger partial charge in [0.15, 0.2) is 0 Å². The molecule has 1 atom stereocenters. The fraction of sp³-hybridized carbons (Fsp3) is 0.800. The lowest BCUT2D eigenvalue weighted by molar-refractivity contribution is -0.137. The summed E-state index contributed by atoms with van der Waals surface area (Å²) in [5.74, 6) is -1.22. The second-order valence-corrected chi connectivity index (χ2v) is 3.64. The zero-order valence-corrected chi connectivity index (χ0v) is 9.11. The Morgan fingerprint density at radius 3 is 2.94 bits per heavy atom. The standard InChI is InChI=1S/C10H17NO5/c12-9(11-4-3-10(13)14)7-15-6-8-2-1-5-16-8/h8H,1-7H2,(H,11,12)(H,13,14). The minimum absolute atomic E-state index is 0.0422. The number of amides is 1. The molecule has 1 fully saturated rings. The van der Waals surface area contributed by atoms with Crippen molar-refractivity contribution in [3.8, 4) is 0 Å². The Balaban J connectivity index is 1.95. The number of nitrogens with one attached hydrogen (secondary N) is 1. The Labute approximate surface area is 93.9 Å². The summed E-state index contributed by atoms with van der Waals surface area (Å²) in [6.07, 6.45) is 2.04. The van der Waals surface area contributed by atoms with Crippen molar-refractivity contribution in [1.82, 2.24) is 5.32 Å². The van der Waals surface area contributed by atoms with Crippen LogP contribution in [0.5, 0.6) is 0 Å². The van der Waals surface area contributed by atoms with Gasteiger partial charge in [-0.1, -0.05) is 0 Å². The molecule has 1 aliphatic heterocycles. The van der Waals surface area contributed by atoms with E-state index in [2.05, 4.69) is 5.32 Å². The van der Waals surface area contributed by atoms with E-state index >= 15 is 0 Å². The van der Waals surface area contributed by atoms with Gasteiger partial charge in [0.25, 0.3) is 0 Å². The average molecular weight is 231 g/mol. The highest BCUT2D eigenvalue weighted by atomic mass is 16.5. The summed E-state index contributed by atoms with van der Waals surface area (Å²) in [4.78, 5) is 21.3. The fourth-order valence-corrected chi connectivity index (χ4v) is 1.42. The summed E-state index contributed by atoms with van der Waals surface area (Å²) in [5, 5.41) is 10.8. The van der Waals surface area contributed by atoms with E-state index in [1.54, 1.807) is 0 Å². The quantitative estimate of drug-likeness (QED) is 0.632. The van der Waals surface area contributed by atoms with Gasteiger partial charge in [0, 0.05) is 13.2 Å². The average Bonchev–Trinajstić information content (AvgIpc) is 2.70. The molecule has 0 bridgehead atoms. The molecular formula is C10H17NO5. The summed E-state index contributed by atoms with van der Waals surface area (Å²) in [6, 6.07) is 0. The van der Waals surface area contributed by atoms with Crippen LogP contribution in [-0.4, -0.2) is 49.5 Å². The van der Waals surface area contributed by atoms with E-state index in [9.17, 15) is 9.59 Å². The van der Waals surface area contributed by atoms with E-state index in [1.165, 1.54) is 0 Å². The van der Waals surface area contributed by atoms with Crippen molar-refractivity contribution >= 4 is 11.9 Å². The summed E-state index contributed by atoms with van der Waals surface area (Å²) >= 11 is 0. The second kappa shape index (κ2) is 7.19. The van der Waals surface area contributed by atoms with Crippen LogP contribution in [0.2, 0.25) is 0 Å². The van der Waals surface area contributed by atoms with Crippen LogP contribution >= 0.6 is 0 Å². The highest BCUT2D eigenvalue weighted by Crippen LogP contribution is 2.11. The Bertz CT molecular complexity index is 237. The molecule has 0 aromatic carbocycles. The van der Waals surface area contributed by atoms with Gasteiger partial charge in [0.1, 0.15) is 6.61 Å². The van der Waals surface area contributed by atoms with Gasteiger partial charge < -0.3 is 19.9 Å². The number of carbonyl (C=O) groups is 2. The molecule has 0 spiro atoms. The van der Waals surface area contributed by atoms with Crippen molar-refractivity contribution in [1.29, 1.82) is 0 Å². The van der Waals surface area contributed by atoms with Gasteiger partial charge in [0.2, 0.25) is 5.91 Å². The molecule has 2 N–H and O–H groups in total. The molecule has 16 heavy (non-hydrogen) atoms. The van der Waals surface area contributed by atoms with Crippen molar-refractivity contribution in [2.45, 2.75) is 25.4 Å². The maximum absolute atomic E-state index is 11.1. The van der Waals surface area contributed by atoms with Crippen molar-refractivity contribution in [3.63, 3.8) is 0 Å². The molecule has 6 nitrogen and oxygen atoms in total. The number of carboxylic acids is 1. The SMILES string of the molecule is O=C(O)CCNC(=O)COCC1CCCO1. The van der Waals surface area contributed by atoms with E-state index < -0.39 is 5.97 Å². The van der Waals surface area contributed by atoms with E-state index in [1.807, 2.05) is 0 Å². The number of aliphatic carboxylic acids is 1. The first-order chi connectivity index (χ1) is 7.68. The number of hydrogen-bond acceptors (Lipinski definition) is 4. The molecule has 1 unspecified atom stereocenters. The van der Waals surface area contributed by atoms with Gasteiger partial charge in [-0.05, 0) is 12.8 Å². The number of carboxylic acid groups (broad SMARTS) is 1. The third kappa shape index (κ3) is 5.67. The van der Waals surface area contributed by atoms with E-state index in [-0.39, 0.29) is 31.6 Å². The highest BCUT2D eigenvalue weighted by Gasteiger charge is 2.15. The van der Waals surface area contributed by atoms with E-state index in [4.69, 9.17) is 14.6 Å². The van der Waals surface area contributed by atoms with Crippen LogP contribution in [0.4, 0.5) is 0 Å². The molecule has 6 heteroatoms. The maximum Gasteiger partial charge on any atom is 0.305 e. The van der Waals surface area contributed by atoms with Crippen LogP contribution < -0.4 is 5.32 Å². The summed E-state index contributed by atoms with van der Waals surface area (Å²) in [5.41, 5.74) is 0. The molecule has 0 saturated carbocycles. The lowest BCUT2D eigenvalue weighted by atomic mass is 10.2. The largest absolute Gasteiger partial charge is 0.481 e. The molecule has 1 amide bonds. The van der Waals surface area contributed by atoms with Crippen molar-refractivity contribution in [2.24, 2.45) is 0 Å². The molecule has 0 aromatic rings. The van der Waals surface area contributed by atoms with Crippen LogP contribution in [0.25, 0.3) is 0 Å². The normalized spacial score (nSPS) is 19.6. The molecule has 0 aromatic heterocycles. The first-order valence-corrected chi connectivity index (χ1v) is 5.36. The molecule has 1 rings (SSSR count). The number of ether oxygens (including phenoxy) is 2.